The van der Waals surface area contributed by atoms with Crippen molar-refractivity contribution in [3.8, 4) is 5.75 Å². The van der Waals surface area contributed by atoms with Crippen LogP contribution in [0.25, 0.3) is 11.2 Å². The van der Waals surface area contributed by atoms with Crippen LogP contribution in [-0.4, -0.2) is 36.9 Å². The van der Waals surface area contributed by atoms with Gasteiger partial charge in [0, 0.05) is 7.05 Å². The molecule has 1 atom stereocenters. The van der Waals surface area contributed by atoms with Crippen LogP contribution in [0.15, 0.2) is 44.7 Å². The Hall–Kier alpha value is -2.39. The molecular formula is C15H15BrN4O4. The molecule has 0 saturated heterocycles. The normalized spacial score (nSPS) is 12.5. The van der Waals surface area contributed by atoms with Gasteiger partial charge >= 0.3 is 5.69 Å². The third-order valence-electron chi connectivity index (χ3n) is 3.54. The summed E-state index contributed by atoms with van der Waals surface area (Å²) in [6.45, 7) is 0.144. The standard InChI is InChI=1S/C15H15BrN4O4/c1-19-12-11(13(22)18-15(19)23)20(14(16)17-12)7-9(21)8-24-10-5-3-2-4-6-10/h2-6,9,21H,7-8H2,1H3,(H,18,22,23)/t9-/m1/s1. The van der Waals surface area contributed by atoms with Gasteiger partial charge in [0.2, 0.25) is 0 Å². The number of imidazole rings is 1. The maximum atomic E-state index is 12.1. The molecule has 0 fully saturated rings. The highest BCUT2D eigenvalue weighted by Gasteiger charge is 2.18. The number of halogens is 1. The third-order valence-corrected chi connectivity index (χ3v) is 4.14. The van der Waals surface area contributed by atoms with Gasteiger partial charge in [-0.25, -0.2) is 9.78 Å². The Morgan fingerprint density at radius 3 is 2.75 bits per heavy atom. The molecule has 0 radical (unpaired) electrons. The van der Waals surface area contributed by atoms with Gasteiger partial charge in [-0.15, -0.1) is 0 Å². The zero-order valence-electron chi connectivity index (χ0n) is 12.8. The molecule has 0 aliphatic rings. The summed E-state index contributed by atoms with van der Waals surface area (Å²) in [5.41, 5.74) is -0.644. The lowest BCUT2D eigenvalue weighted by molar-refractivity contribution is 0.0928. The molecular weight excluding hydrogens is 380 g/mol. The van der Waals surface area contributed by atoms with Gasteiger partial charge < -0.3 is 14.4 Å². The molecule has 0 amide bonds. The summed E-state index contributed by atoms with van der Waals surface area (Å²) in [6, 6.07) is 9.11. The third kappa shape index (κ3) is 3.13. The summed E-state index contributed by atoms with van der Waals surface area (Å²) in [5.74, 6) is 0.645. The van der Waals surface area contributed by atoms with Crippen molar-refractivity contribution in [2.24, 2.45) is 7.05 Å². The fraction of sp³-hybridized carbons (Fsp3) is 0.267. The number of ether oxygens (including phenoxy) is 1. The number of fused-ring (bicyclic) bond motifs is 1. The Balaban J connectivity index is 1.85. The lowest BCUT2D eigenvalue weighted by Crippen LogP contribution is -2.30. The van der Waals surface area contributed by atoms with E-state index in [1.54, 1.807) is 12.1 Å². The van der Waals surface area contributed by atoms with Crippen molar-refractivity contribution < 1.29 is 9.84 Å². The predicted octanol–water partition coefficient (Wildman–Crippen LogP) is 0.626. The molecule has 2 heterocycles. The number of hydrogen-bond donors (Lipinski definition) is 2. The molecule has 0 saturated carbocycles. The van der Waals surface area contributed by atoms with Crippen molar-refractivity contribution in [3.05, 3.63) is 55.9 Å². The fourth-order valence-corrected chi connectivity index (χ4v) is 2.84. The Morgan fingerprint density at radius 2 is 2.04 bits per heavy atom. The summed E-state index contributed by atoms with van der Waals surface area (Å²) in [6.07, 6.45) is -0.865. The molecule has 0 spiro atoms. The minimum atomic E-state index is -0.865. The van der Waals surface area contributed by atoms with Gasteiger partial charge in [-0.05, 0) is 28.1 Å². The Bertz CT molecular complexity index is 977. The molecule has 2 aromatic heterocycles. The van der Waals surface area contributed by atoms with E-state index in [2.05, 4.69) is 25.9 Å². The number of aromatic amines is 1. The number of nitrogens with one attached hydrogen (secondary N) is 1. The van der Waals surface area contributed by atoms with E-state index in [0.717, 1.165) is 0 Å². The lowest BCUT2D eigenvalue weighted by atomic mass is 10.3. The molecule has 0 aliphatic carbocycles. The summed E-state index contributed by atoms with van der Waals surface area (Å²) in [4.78, 5) is 30.1. The number of para-hydroxylation sites is 1. The van der Waals surface area contributed by atoms with Gasteiger partial charge in [-0.1, -0.05) is 18.2 Å². The van der Waals surface area contributed by atoms with Crippen molar-refractivity contribution in [1.82, 2.24) is 19.1 Å². The molecule has 3 aromatic rings. The number of H-pyrrole nitrogens is 1. The van der Waals surface area contributed by atoms with Crippen LogP contribution < -0.4 is 16.0 Å². The molecule has 0 aliphatic heterocycles. The molecule has 126 valence electrons. The first kappa shape index (κ1) is 16.5. The largest absolute Gasteiger partial charge is 0.491 e. The van der Waals surface area contributed by atoms with Gasteiger partial charge in [-0.2, -0.15) is 0 Å². The van der Waals surface area contributed by atoms with Crippen molar-refractivity contribution in [1.29, 1.82) is 0 Å². The van der Waals surface area contributed by atoms with Crippen molar-refractivity contribution in [3.63, 3.8) is 0 Å². The van der Waals surface area contributed by atoms with Gasteiger partial charge in [0.25, 0.3) is 5.56 Å². The molecule has 9 heteroatoms. The first-order valence-electron chi connectivity index (χ1n) is 7.18. The van der Waals surface area contributed by atoms with E-state index in [4.69, 9.17) is 4.74 Å². The van der Waals surface area contributed by atoms with Crippen molar-refractivity contribution in [2.45, 2.75) is 12.6 Å². The highest BCUT2D eigenvalue weighted by atomic mass is 79.9. The minimum Gasteiger partial charge on any atom is -0.491 e. The molecule has 8 nitrogen and oxygen atoms in total. The van der Waals surface area contributed by atoms with E-state index in [0.29, 0.717) is 10.5 Å². The average molecular weight is 395 g/mol. The van der Waals surface area contributed by atoms with E-state index in [1.807, 2.05) is 18.2 Å². The van der Waals surface area contributed by atoms with Crippen molar-refractivity contribution >= 4 is 27.1 Å². The second-order valence-electron chi connectivity index (χ2n) is 5.26. The molecule has 2 N–H and O–H groups in total. The zero-order chi connectivity index (χ0) is 17.3. The highest BCUT2D eigenvalue weighted by Crippen LogP contribution is 2.17. The maximum Gasteiger partial charge on any atom is 0.329 e. The Morgan fingerprint density at radius 1 is 1.33 bits per heavy atom. The first-order valence-corrected chi connectivity index (χ1v) is 7.97. The first-order chi connectivity index (χ1) is 11.5. The van der Waals surface area contributed by atoms with Crippen LogP contribution in [0.4, 0.5) is 0 Å². The highest BCUT2D eigenvalue weighted by molar-refractivity contribution is 9.10. The molecule has 0 bridgehead atoms. The van der Waals surface area contributed by atoms with Gasteiger partial charge in [0.15, 0.2) is 15.9 Å². The number of aliphatic hydroxyl groups excluding tert-OH is 1. The molecule has 3 rings (SSSR count). The summed E-state index contributed by atoms with van der Waals surface area (Å²) in [7, 11) is 1.51. The number of hydrogen-bond acceptors (Lipinski definition) is 5. The lowest BCUT2D eigenvalue weighted by Gasteiger charge is -2.14. The van der Waals surface area contributed by atoms with E-state index in [-0.39, 0.29) is 24.3 Å². The van der Waals surface area contributed by atoms with Crippen LogP contribution in [0.1, 0.15) is 0 Å². The van der Waals surface area contributed by atoms with Crippen LogP contribution in [0.2, 0.25) is 0 Å². The number of aromatic nitrogens is 4. The topological polar surface area (TPSA) is 102 Å². The van der Waals surface area contributed by atoms with E-state index >= 15 is 0 Å². The monoisotopic (exact) mass is 394 g/mol. The molecule has 0 unspecified atom stereocenters. The van der Waals surface area contributed by atoms with E-state index < -0.39 is 17.4 Å². The Labute approximate surface area is 144 Å². The van der Waals surface area contributed by atoms with Gasteiger partial charge in [-0.3, -0.25) is 14.3 Å². The van der Waals surface area contributed by atoms with Crippen LogP contribution >= 0.6 is 15.9 Å². The SMILES string of the molecule is Cn1c(=O)[nH]c(=O)c2c1nc(Br)n2C[C@@H](O)COc1ccccc1. The number of benzene rings is 1. The fourth-order valence-electron chi connectivity index (χ4n) is 2.35. The summed E-state index contributed by atoms with van der Waals surface area (Å²) >= 11 is 3.26. The molecule has 24 heavy (non-hydrogen) atoms. The quantitative estimate of drug-likeness (QED) is 0.617. The maximum absolute atomic E-state index is 12.1. The number of rotatable bonds is 5. The van der Waals surface area contributed by atoms with Gasteiger partial charge in [0.05, 0.1) is 6.54 Å². The van der Waals surface area contributed by atoms with Crippen LogP contribution in [0, 0.1) is 0 Å². The second kappa shape index (κ2) is 6.62. The van der Waals surface area contributed by atoms with Crippen molar-refractivity contribution in [2.75, 3.05) is 6.61 Å². The summed E-state index contributed by atoms with van der Waals surface area (Å²) < 4.78 is 8.60. The van der Waals surface area contributed by atoms with Crippen LogP contribution in [0.5, 0.6) is 5.75 Å². The molecule has 1 aromatic carbocycles. The second-order valence-corrected chi connectivity index (χ2v) is 5.97. The van der Waals surface area contributed by atoms with Gasteiger partial charge in [0.1, 0.15) is 18.5 Å². The minimum absolute atomic E-state index is 0.0554. The Kier molecular flexibility index (Phi) is 4.54. The van der Waals surface area contributed by atoms with E-state index in [1.165, 1.54) is 16.2 Å². The number of nitrogens with zero attached hydrogens (tertiary/aromatic N) is 3. The van der Waals surface area contributed by atoms with Crippen LogP contribution in [0.3, 0.4) is 0 Å². The van der Waals surface area contributed by atoms with Crippen LogP contribution in [-0.2, 0) is 13.6 Å². The predicted molar refractivity (Wildman–Crippen MR) is 91.2 cm³/mol. The number of aryl methyl sites for hydroxylation is 1. The smallest absolute Gasteiger partial charge is 0.329 e. The van der Waals surface area contributed by atoms with E-state index in [9.17, 15) is 14.7 Å². The summed E-state index contributed by atoms with van der Waals surface area (Å²) in [5, 5.41) is 10.2. The number of aliphatic hydroxyl groups is 1. The zero-order valence-corrected chi connectivity index (χ0v) is 14.4. The average Bonchev–Trinajstić information content (AvgIpc) is 2.89.